The summed E-state index contributed by atoms with van der Waals surface area (Å²) in [6.45, 7) is 5.13. The van der Waals surface area contributed by atoms with Crippen molar-refractivity contribution in [3.8, 4) is 0 Å². The summed E-state index contributed by atoms with van der Waals surface area (Å²) in [6.07, 6.45) is 16.0. The Morgan fingerprint density at radius 1 is 1.06 bits per heavy atom. The molecule has 4 heteroatoms. The highest BCUT2D eigenvalue weighted by Crippen LogP contribution is 2.67. The number of fused-ring (bicyclic) bond motifs is 6. The maximum Gasteiger partial charge on any atom is 0.407 e. The van der Waals surface area contributed by atoms with Crippen LogP contribution in [0.25, 0.3) is 16.3 Å². The van der Waals surface area contributed by atoms with Gasteiger partial charge in [-0.15, -0.1) is 0 Å². The van der Waals surface area contributed by atoms with Crippen LogP contribution in [0.3, 0.4) is 0 Å². The molecule has 0 bridgehead atoms. The van der Waals surface area contributed by atoms with Crippen molar-refractivity contribution in [3.05, 3.63) is 48.3 Å². The van der Waals surface area contributed by atoms with E-state index in [9.17, 15) is 4.79 Å². The molecule has 1 unspecified atom stereocenters. The third-order valence-corrected chi connectivity index (χ3v) is 10.6. The molecule has 4 aliphatic carbocycles. The fourth-order valence-electron chi connectivity index (χ4n) is 8.80. The molecule has 4 aliphatic rings. The highest BCUT2D eigenvalue weighted by atomic mass is 16.6. The number of allylic oxidation sites excluding steroid dienone is 2. The molecular weight excluding hydrogens is 420 g/mol. The standard InChI is InChI=1S/C30H38N2O2/c1-29-13-10-23(34-28(33)31-3)17-22(29)6-7-24-26-9-8-25(30(26,2)14-11-27(24)29)20-5-4-19-12-15-32-18-21(19)16-20/h4-5,8,12,15-16,18,22-24,26-27H,6-7,9-11,13-14,17H2,1-3H3,(H,31,33)/t22?,23-,24-,26-,27-,29-,30+/m0/s1. The van der Waals surface area contributed by atoms with Gasteiger partial charge in [-0.3, -0.25) is 4.98 Å². The highest BCUT2D eigenvalue weighted by molar-refractivity contribution is 5.86. The van der Waals surface area contributed by atoms with Crippen molar-refractivity contribution < 1.29 is 9.53 Å². The Hall–Kier alpha value is -2.36. The highest BCUT2D eigenvalue weighted by Gasteiger charge is 2.58. The minimum absolute atomic E-state index is 0.0885. The maximum absolute atomic E-state index is 11.8. The number of hydrogen-bond acceptors (Lipinski definition) is 3. The minimum atomic E-state index is -0.273. The first-order chi connectivity index (χ1) is 16.4. The third-order valence-electron chi connectivity index (χ3n) is 10.6. The molecule has 2 aromatic rings. The molecule has 7 atom stereocenters. The van der Waals surface area contributed by atoms with Gasteiger partial charge in [-0.05, 0) is 115 Å². The number of rotatable bonds is 2. The van der Waals surface area contributed by atoms with Crippen LogP contribution in [0.5, 0.6) is 0 Å². The predicted octanol–water partition coefficient (Wildman–Crippen LogP) is 7.00. The van der Waals surface area contributed by atoms with E-state index in [-0.39, 0.29) is 17.6 Å². The molecule has 1 aromatic carbocycles. The van der Waals surface area contributed by atoms with Crippen LogP contribution in [-0.2, 0) is 4.74 Å². The van der Waals surface area contributed by atoms with Crippen LogP contribution in [0.1, 0.15) is 70.8 Å². The number of aromatic nitrogens is 1. The number of hydrogen-bond donors (Lipinski definition) is 1. The molecule has 4 nitrogen and oxygen atoms in total. The van der Waals surface area contributed by atoms with Crippen LogP contribution in [0, 0.1) is 34.5 Å². The molecule has 3 fully saturated rings. The molecule has 0 radical (unpaired) electrons. The van der Waals surface area contributed by atoms with Crippen molar-refractivity contribution in [3.63, 3.8) is 0 Å². The zero-order valence-electron chi connectivity index (χ0n) is 20.8. The van der Waals surface area contributed by atoms with Crippen LogP contribution < -0.4 is 5.32 Å². The number of pyridine rings is 1. The van der Waals surface area contributed by atoms with Crippen LogP contribution in [0.15, 0.2) is 42.7 Å². The van der Waals surface area contributed by atoms with Crippen molar-refractivity contribution in [1.29, 1.82) is 0 Å². The van der Waals surface area contributed by atoms with E-state index in [4.69, 9.17) is 4.74 Å². The van der Waals surface area contributed by atoms with E-state index >= 15 is 0 Å². The minimum Gasteiger partial charge on any atom is -0.446 e. The van der Waals surface area contributed by atoms with Crippen LogP contribution in [0.2, 0.25) is 0 Å². The van der Waals surface area contributed by atoms with E-state index in [0.717, 1.165) is 30.6 Å². The summed E-state index contributed by atoms with van der Waals surface area (Å²) >= 11 is 0. The second-order valence-corrected chi connectivity index (χ2v) is 12.0. The number of benzene rings is 1. The van der Waals surface area contributed by atoms with Gasteiger partial charge in [0.05, 0.1) is 0 Å². The summed E-state index contributed by atoms with van der Waals surface area (Å²) < 4.78 is 5.69. The Morgan fingerprint density at radius 2 is 1.94 bits per heavy atom. The Morgan fingerprint density at radius 3 is 2.79 bits per heavy atom. The Kier molecular flexibility index (Phi) is 5.27. The smallest absolute Gasteiger partial charge is 0.407 e. The van der Waals surface area contributed by atoms with Crippen LogP contribution in [-0.4, -0.2) is 24.2 Å². The predicted molar refractivity (Wildman–Crippen MR) is 136 cm³/mol. The average Bonchev–Trinajstić information content (AvgIpc) is 3.21. The fourth-order valence-corrected chi connectivity index (χ4v) is 8.80. The van der Waals surface area contributed by atoms with Gasteiger partial charge in [-0.25, -0.2) is 4.79 Å². The number of nitrogens with zero attached hydrogens (tertiary/aromatic N) is 1. The van der Waals surface area contributed by atoms with Gasteiger partial charge in [0.15, 0.2) is 0 Å². The monoisotopic (exact) mass is 458 g/mol. The molecule has 180 valence electrons. The molecule has 6 rings (SSSR count). The van der Waals surface area contributed by atoms with Gasteiger partial charge in [-0.2, -0.15) is 0 Å². The van der Waals surface area contributed by atoms with E-state index in [1.54, 1.807) is 12.6 Å². The second kappa shape index (κ2) is 8.10. The molecular formula is C30H38N2O2. The normalized spacial score (nSPS) is 38.9. The lowest BCUT2D eigenvalue weighted by Gasteiger charge is -2.60. The maximum atomic E-state index is 11.8. The quantitative estimate of drug-likeness (QED) is 0.527. The topological polar surface area (TPSA) is 51.2 Å². The Bertz CT molecular complexity index is 1140. The zero-order chi connectivity index (χ0) is 23.5. The lowest BCUT2D eigenvalue weighted by molar-refractivity contribution is -0.115. The average molecular weight is 459 g/mol. The number of carbonyl (C=O) groups excluding carboxylic acids is 1. The summed E-state index contributed by atoms with van der Waals surface area (Å²) in [7, 11) is 1.65. The van der Waals surface area contributed by atoms with Crippen molar-refractivity contribution in [2.45, 2.75) is 71.3 Å². The van der Waals surface area contributed by atoms with Gasteiger partial charge in [0.25, 0.3) is 0 Å². The van der Waals surface area contributed by atoms with Gasteiger partial charge in [0.2, 0.25) is 0 Å². The number of alkyl carbamates (subject to hydrolysis) is 1. The molecule has 0 spiro atoms. The summed E-state index contributed by atoms with van der Waals surface area (Å²) in [5.74, 6) is 3.05. The van der Waals surface area contributed by atoms with Crippen LogP contribution in [0.4, 0.5) is 4.79 Å². The van der Waals surface area contributed by atoms with E-state index in [1.807, 2.05) is 12.4 Å². The third kappa shape index (κ3) is 3.31. The fraction of sp³-hybridized carbons (Fsp3) is 0.600. The zero-order valence-corrected chi connectivity index (χ0v) is 20.8. The van der Waals surface area contributed by atoms with E-state index in [1.165, 1.54) is 54.9 Å². The molecule has 1 aromatic heterocycles. The molecule has 0 saturated heterocycles. The van der Waals surface area contributed by atoms with Crippen molar-refractivity contribution in [1.82, 2.24) is 10.3 Å². The number of carbonyl (C=O) groups is 1. The SMILES string of the molecule is CNC(=O)O[C@H]1CC[C@@]2(C)C(CC[C@@H]3[C@@H]2CC[C@]2(C)C(c4ccc5ccncc5c4)=CC[C@@H]32)C1. The molecule has 1 heterocycles. The van der Waals surface area contributed by atoms with Crippen LogP contribution >= 0.6 is 0 Å². The van der Waals surface area contributed by atoms with Gasteiger partial charge in [-0.1, -0.05) is 32.1 Å². The van der Waals surface area contributed by atoms with Gasteiger partial charge < -0.3 is 10.1 Å². The molecule has 34 heavy (non-hydrogen) atoms. The van der Waals surface area contributed by atoms with Gasteiger partial charge in [0, 0.05) is 24.8 Å². The Labute approximate surface area is 203 Å². The molecule has 1 N–H and O–H groups in total. The number of amides is 1. The summed E-state index contributed by atoms with van der Waals surface area (Å²) in [4.78, 5) is 16.1. The summed E-state index contributed by atoms with van der Waals surface area (Å²) in [5, 5.41) is 5.13. The first kappa shape index (κ1) is 22.1. The van der Waals surface area contributed by atoms with E-state index < -0.39 is 0 Å². The molecule has 3 saturated carbocycles. The second-order valence-electron chi connectivity index (χ2n) is 12.0. The van der Waals surface area contributed by atoms with E-state index in [0.29, 0.717) is 11.3 Å². The summed E-state index contributed by atoms with van der Waals surface area (Å²) in [5.41, 5.74) is 3.65. The molecule has 1 amide bonds. The first-order valence-corrected chi connectivity index (χ1v) is 13.4. The first-order valence-electron chi connectivity index (χ1n) is 13.4. The van der Waals surface area contributed by atoms with E-state index in [2.05, 4.69) is 54.5 Å². The number of ether oxygens (including phenoxy) is 1. The lowest BCUT2D eigenvalue weighted by atomic mass is 9.44. The number of nitrogens with one attached hydrogen (secondary N) is 1. The Balaban J connectivity index is 1.23. The molecule has 0 aliphatic heterocycles. The largest absolute Gasteiger partial charge is 0.446 e. The van der Waals surface area contributed by atoms with Crippen molar-refractivity contribution in [2.75, 3.05) is 7.05 Å². The van der Waals surface area contributed by atoms with Gasteiger partial charge in [0.1, 0.15) is 6.10 Å². The lowest BCUT2D eigenvalue weighted by Crippen LogP contribution is -2.53. The van der Waals surface area contributed by atoms with Crippen molar-refractivity contribution in [2.24, 2.45) is 34.5 Å². The summed E-state index contributed by atoms with van der Waals surface area (Å²) in [6, 6.07) is 9.06. The van der Waals surface area contributed by atoms with Gasteiger partial charge >= 0.3 is 6.09 Å². The van der Waals surface area contributed by atoms with Crippen molar-refractivity contribution >= 4 is 22.4 Å².